The molecule has 0 radical (unpaired) electrons. The van der Waals surface area contributed by atoms with Gasteiger partial charge in [-0.25, -0.2) is 9.59 Å². The largest absolute Gasteiger partial charge is 0.480 e. The highest BCUT2D eigenvalue weighted by atomic mass is 16.5. The molecule has 0 aromatic rings. The van der Waals surface area contributed by atoms with Crippen molar-refractivity contribution in [1.82, 2.24) is 9.80 Å². The van der Waals surface area contributed by atoms with Crippen LogP contribution in [0.2, 0.25) is 0 Å². The van der Waals surface area contributed by atoms with Crippen molar-refractivity contribution in [3.63, 3.8) is 0 Å². The zero-order valence-electron chi connectivity index (χ0n) is 12.3. The molecule has 0 saturated carbocycles. The van der Waals surface area contributed by atoms with Crippen LogP contribution in [-0.4, -0.2) is 65.7 Å². The van der Waals surface area contributed by atoms with Crippen LogP contribution in [0.5, 0.6) is 0 Å². The Hall–Kier alpha value is -1.79. The maximum absolute atomic E-state index is 12.6. The molecule has 7 nitrogen and oxygen atoms in total. The first-order valence-corrected chi connectivity index (χ1v) is 7.40. The standard InChI is InChI=1S/C14H22N2O5/c1-21-13(19)10-6-8-15(9-10)14(20)16-7-4-2-3-5-11(16)12(17)18/h10-11H,2-9H2,1H3,(H,17,18). The average molecular weight is 298 g/mol. The maximum atomic E-state index is 12.6. The molecule has 2 heterocycles. The Bertz CT molecular complexity index is 426. The van der Waals surface area contributed by atoms with Crippen molar-refractivity contribution in [3.05, 3.63) is 0 Å². The zero-order valence-corrected chi connectivity index (χ0v) is 12.3. The summed E-state index contributed by atoms with van der Waals surface area (Å²) in [5.41, 5.74) is 0. The topological polar surface area (TPSA) is 87.2 Å². The van der Waals surface area contributed by atoms with Gasteiger partial charge in [-0.15, -0.1) is 0 Å². The van der Waals surface area contributed by atoms with E-state index < -0.39 is 12.0 Å². The normalized spacial score (nSPS) is 26.3. The number of amides is 2. The fourth-order valence-corrected chi connectivity index (χ4v) is 3.07. The fraction of sp³-hybridized carbons (Fsp3) is 0.786. The lowest BCUT2D eigenvalue weighted by Gasteiger charge is -2.31. The van der Waals surface area contributed by atoms with E-state index in [0.717, 1.165) is 19.3 Å². The third-order valence-corrected chi connectivity index (χ3v) is 4.28. The van der Waals surface area contributed by atoms with Crippen LogP contribution in [0.25, 0.3) is 0 Å². The van der Waals surface area contributed by atoms with Crippen molar-refractivity contribution in [2.45, 2.75) is 38.1 Å². The van der Waals surface area contributed by atoms with E-state index in [1.165, 1.54) is 12.0 Å². The van der Waals surface area contributed by atoms with E-state index in [0.29, 0.717) is 32.5 Å². The Morgan fingerprint density at radius 2 is 1.86 bits per heavy atom. The first-order chi connectivity index (χ1) is 10.0. The predicted molar refractivity (Wildman–Crippen MR) is 73.7 cm³/mol. The molecular formula is C14H22N2O5. The van der Waals surface area contributed by atoms with Crippen molar-refractivity contribution < 1.29 is 24.2 Å². The highest BCUT2D eigenvalue weighted by Gasteiger charge is 2.37. The molecule has 2 rings (SSSR count). The second-order valence-electron chi connectivity index (χ2n) is 5.63. The summed E-state index contributed by atoms with van der Waals surface area (Å²) in [6, 6.07) is -1.02. The third kappa shape index (κ3) is 3.46. The summed E-state index contributed by atoms with van der Waals surface area (Å²) in [7, 11) is 1.34. The van der Waals surface area contributed by atoms with Crippen LogP contribution in [-0.2, 0) is 14.3 Å². The van der Waals surface area contributed by atoms with E-state index in [-0.39, 0.29) is 17.9 Å². The summed E-state index contributed by atoms with van der Waals surface area (Å²) < 4.78 is 4.70. The predicted octanol–water partition coefficient (Wildman–Crippen LogP) is 0.930. The number of nitrogens with zero attached hydrogens (tertiary/aromatic N) is 2. The van der Waals surface area contributed by atoms with Crippen molar-refractivity contribution in [2.24, 2.45) is 5.92 Å². The Balaban J connectivity index is 2.04. The van der Waals surface area contributed by atoms with Gasteiger partial charge in [0, 0.05) is 19.6 Å². The van der Waals surface area contributed by atoms with Crippen LogP contribution in [0.1, 0.15) is 32.1 Å². The van der Waals surface area contributed by atoms with Gasteiger partial charge in [0.1, 0.15) is 6.04 Å². The first kappa shape index (κ1) is 15.6. The van der Waals surface area contributed by atoms with E-state index in [4.69, 9.17) is 4.74 Å². The number of aliphatic carboxylic acids is 1. The summed E-state index contributed by atoms with van der Waals surface area (Å²) in [4.78, 5) is 38.5. The molecule has 0 bridgehead atoms. The molecule has 2 saturated heterocycles. The lowest BCUT2D eigenvalue weighted by molar-refractivity contribution is -0.145. The highest BCUT2D eigenvalue weighted by Crippen LogP contribution is 2.23. The molecule has 118 valence electrons. The van der Waals surface area contributed by atoms with E-state index in [2.05, 4.69) is 0 Å². The Labute approximate surface area is 123 Å². The molecule has 0 aromatic heterocycles. The SMILES string of the molecule is COC(=O)C1CCN(C(=O)N2CCCCCC2C(=O)O)C1. The van der Waals surface area contributed by atoms with Gasteiger partial charge in [0.2, 0.25) is 0 Å². The number of hydrogen-bond donors (Lipinski definition) is 1. The summed E-state index contributed by atoms with van der Waals surface area (Å²) in [6.45, 7) is 1.25. The molecule has 2 unspecified atom stereocenters. The van der Waals surface area contributed by atoms with E-state index in [1.807, 2.05) is 0 Å². The summed E-state index contributed by atoms with van der Waals surface area (Å²) in [5, 5.41) is 9.32. The van der Waals surface area contributed by atoms with Crippen molar-refractivity contribution in [2.75, 3.05) is 26.7 Å². The smallest absolute Gasteiger partial charge is 0.326 e. The Kier molecular flexibility index (Phi) is 5.03. The van der Waals surface area contributed by atoms with Gasteiger partial charge in [0.05, 0.1) is 13.0 Å². The van der Waals surface area contributed by atoms with Crippen LogP contribution in [0.3, 0.4) is 0 Å². The van der Waals surface area contributed by atoms with Gasteiger partial charge >= 0.3 is 18.0 Å². The lowest BCUT2D eigenvalue weighted by atomic mass is 10.1. The lowest BCUT2D eigenvalue weighted by Crippen LogP contribution is -2.50. The number of rotatable bonds is 2. The number of carbonyl (C=O) groups is 3. The van der Waals surface area contributed by atoms with Gasteiger partial charge in [0.15, 0.2) is 0 Å². The van der Waals surface area contributed by atoms with Crippen molar-refractivity contribution in [1.29, 1.82) is 0 Å². The number of carboxylic acids is 1. The minimum absolute atomic E-state index is 0.268. The van der Waals surface area contributed by atoms with Crippen LogP contribution >= 0.6 is 0 Å². The maximum Gasteiger partial charge on any atom is 0.326 e. The Morgan fingerprint density at radius 1 is 1.10 bits per heavy atom. The number of carboxylic acid groups (broad SMARTS) is 1. The van der Waals surface area contributed by atoms with Crippen LogP contribution < -0.4 is 0 Å². The molecule has 0 spiro atoms. The number of urea groups is 1. The number of methoxy groups -OCH3 is 1. The quantitative estimate of drug-likeness (QED) is 0.766. The summed E-state index contributed by atoms with van der Waals surface area (Å²) in [5.74, 6) is -1.56. The van der Waals surface area contributed by atoms with Crippen molar-refractivity contribution in [3.8, 4) is 0 Å². The highest BCUT2D eigenvalue weighted by molar-refractivity contribution is 5.83. The molecule has 2 amide bonds. The first-order valence-electron chi connectivity index (χ1n) is 7.40. The van der Waals surface area contributed by atoms with Gasteiger partial charge in [-0.2, -0.15) is 0 Å². The molecule has 2 atom stereocenters. The van der Waals surface area contributed by atoms with E-state index in [1.54, 1.807) is 4.90 Å². The van der Waals surface area contributed by atoms with E-state index >= 15 is 0 Å². The molecule has 0 aromatic carbocycles. The second kappa shape index (κ2) is 6.78. The number of ether oxygens (including phenoxy) is 1. The molecule has 2 aliphatic rings. The monoisotopic (exact) mass is 298 g/mol. The average Bonchev–Trinajstić information content (AvgIpc) is 2.83. The van der Waals surface area contributed by atoms with Crippen LogP contribution in [0.4, 0.5) is 4.79 Å². The van der Waals surface area contributed by atoms with Gasteiger partial charge in [-0.3, -0.25) is 4.79 Å². The second-order valence-corrected chi connectivity index (χ2v) is 5.63. The molecule has 2 fully saturated rings. The molecular weight excluding hydrogens is 276 g/mol. The third-order valence-electron chi connectivity index (χ3n) is 4.28. The molecule has 2 aliphatic heterocycles. The van der Waals surface area contributed by atoms with Gasteiger partial charge in [-0.05, 0) is 19.3 Å². The number of esters is 1. The molecule has 7 heteroatoms. The molecule has 1 N–H and O–H groups in total. The van der Waals surface area contributed by atoms with E-state index in [9.17, 15) is 19.5 Å². The zero-order chi connectivity index (χ0) is 15.4. The summed E-state index contributed by atoms with van der Waals surface area (Å²) >= 11 is 0. The minimum atomic E-state index is -0.950. The summed E-state index contributed by atoms with van der Waals surface area (Å²) in [6.07, 6.45) is 3.66. The Morgan fingerprint density at radius 3 is 2.52 bits per heavy atom. The molecule has 0 aliphatic carbocycles. The number of hydrogen-bond acceptors (Lipinski definition) is 4. The molecule has 21 heavy (non-hydrogen) atoms. The number of carbonyl (C=O) groups excluding carboxylic acids is 2. The van der Waals surface area contributed by atoms with Gasteiger partial charge < -0.3 is 19.6 Å². The van der Waals surface area contributed by atoms with Gasteiger partial charge in [-0.1, -0.05) is 12.8 Å². The van der Waals surface area contributed by atoms with Gasteiger partial charge in [0.25, 0.3) is 0 Å². The number of likely N-dealkylation sites (tertiary alicyclic amines) is 2. The van der Waals surface area contributed by atoms with Crippen LogP contribution in [0, 0.1) is 5.92 Å². The minimum Gasteiger partial charge on any atom is -0.480 e. The van der Waals surface area contributed by atoms with Crippen LogP contribution in [0.15, 0.2) is 0 Å². The van der Waals surface area contributed by atoms with Crippen molar-refractivity contribution >= 4 is 18.0 Å². The fourth-order valence-electron chi connectivity index (χ4n) is 3.07.